The van der Waals surface area contributed by atoms with Crippen molar-refractivity contribution in [3.63, 3.8) is 0 Å². The smallest absolute Gasteiger partial charge is 0.165 e. The van der Waals surface area contributed by atoms with Crippen molar-refractivity contribution in [2.75, 3.05) is 5.73 Å². The molecule has 96 valence electrons. The third kappa shape index (κ3) is 1.88. The fourth-order valence-electron chi connectivity index (χ4n) is 1.87. The maximum absolute atomic E-state index is 13.6. The van der Waals surface area contributed by atoms with E-state index in [4.69, 9.17) is 5.73 Å². The SMILES string of the molecule is Nc1ncn(Cc2c(F)cccc2F)c2ncnc1-2. The van der Waals surface area contributed by atoms with E-state index >= 15 is 0 Å². The highest BCUT2D eigenvalue weighted by Crippen LogP contribution is 2.23. The molecule has 0 atom stereocenters. The van der Waals surface area contributed by atoms with Crippen LogP contribution in [0.5, 0.6) is 0 Å². The molecule has 19 heavy (non-hydrogen) atoms. The summed E-state index contributed by atoms with van der Waals surface area (Å²) in [6, 6.07) is 3.73. The molecule has 2 heterocycles. The standard InChI is InChI=1S/C12H9F2N5/c13-8-2-1-3-9(14)7(8)4-19-6-18-11(15)10-12(19)17-5-16-10/h1-3,5-6H,4,15H2. The maximum Gasteiger partial charge on any atom is 0.165 e. The van der Waals surface area contributed by atoms with Crippen molar-refractivity contribution in [2.45, 2.75) is 6.54 Å². The number of halogens is 2. The van der Waals surface area contributed by atoms with Gasteiger partial charge in [0.2, 0.25) is 0 Å². The van der Waals surface area contributed by atoms with Gasteiger partial charge in [-0.1, -0.05) is 6.07 Å². The first-order valence-electron chi connectivity index (χ1n) is 5.51. The molecular weight excluding hydrogens is 252 g/mol. The molecule has 0 amide bonds. The van der Waals surface area contributed by atoms with E-state index in [0.717, 1.165) is 0 Å². The Balaban J connectivity index is 2.07. The Kier molecular flexibility index (Phi) is 2.59. The summed E-state index contributed by atoms with van der Waals surface area (Å²) in [6.45, 7) is -0.0268. The minimum absolute atomic E-state index is 0.0268. The zero-order valence-electron chi connectivity index (χ0n) is 9.72. The van der Waals surface area contributed by atoms with Gasteiger partial charge in [0.05, 0.1) is 12.9 Å². The Bertz CT molecular complexity index is 689. The van der Waals surface area contributed by atoms with Crippen LogP contribution >= 0.6 is 0 Å². The number of nitrogens with two attached hydrogens (primary N) is 1. The summed E-state index contributed by atoms with van der Waals surface area (Å²) in [4.78, 5) is 11.9. The van der Waals surface area contributed by atoms with Crippen LogP contribution in [-0.4, -0.2) is 19.5 Å². The Morgan fingerprint density at radius 1 is 1.11 bits per heavy atom. The largest absolute Gasteiger partial charge is 0.382 e. The van der Waals surface area contributed by atoms with Crippen molar-refractivity contribution in [1.29, 1.82) is 0 Å². The van der Waals surface area contributed by atoms with E-state index in [0.29, 0.717) is 11.5 Å². The van der Waals surface area contributed by atoms with Gasteiger partial charge in [0.1, 0.15) is 23.7 Å². The monoisotopic (exact) mass is 261 g/mol. The number of anilines is 1. The number of hydrogen-bond donors (Lipinski definition) is 1. The molecular formula is C12H9F2N5. The Labute approximate surface area is 107 Å². The first-order chi connectivity index (χ1) is 9.16. The van der Waals surface area contributed by atoms with Gasteiger partial charge in [-0.25, -0.2) is 23.7 Å². The molecule has 7 heteroatoms. The molecule has 0 saturated heterocycles. The van der Waals surface area contributed by atoms with Crippen LogP contribution in [0.4, 0.5) is 14.6 Å². The van der Waals surface area contributed by atoms with Crippen LogP contribution in [-0.2, 0) is 6.54 Å². The molecule has 0 fully saturated rings. The highest BCUT2D eigenvalue weighted by molar-refractivity contribution is 5.64. The van der Waals surface area contributed by atoms with Crippen molar-refractivity contribution in [3.8, 4) is 11.5 Å². The molecule has 0 aromatic heterocycles. The van der Waals surface area contributed by atoms with Gasteiger partial charge in [0.15, 0.2) is 11.6 Å². The molecule has 2 aliphatic heterocycles. The maximum atomic E-state index is 13.6. The lowest BCUT2D eigenvalue weighted by atomic mass is 10.2. The number of benzene rings is 1. The van der Waals surface area contributed by atoms with E-state index < -0.39 is 11.6 Å². The first kappa shape index (κ1) is 11.5. The summed E-state index contributed by atoms with van der Waals surface area (Å²) in [6.07, 6.45) is 2.72. The van der Waals surface area contributed by atoms with Gasteiger partial charge in [-0.15, -0.1) is 0 Å². The topological polar surface area (TPSA) is 69.6 Å². The molecule has 0 saturated carbocycles. The van der Waals surface area contributed by atoms with Crippen LogP contribution < -0.4 is 5.73 Å². The molecule has 5 nitrogen and oxygen atoms in total. The first-order valence-corrected chi connectivity index (χ1v) is 5.51. The summed E-state index contributed by atoms with van der Waals surface area (Å²) < 4.78 is 28.7. The van der Waals surface area contributed by atoms with Crippen LogP contribution in [0.25, 0.3) is 11.5 Å². The van der Waals surface area contributed by atoms with Crippen LogP contribution in [0.1, 0.15) is 5.56 Å². The van der Waals surface area contributed by atoms with Gasteiger partial charge in [-0.05, 0) is 12.1 Å². The number of imidazole rings is 1. The summed E-state index contributed by atoms with van der Waals surface area (Å²) in [5.41, 5.74) is 6.01. The lowest BCUT2D eigenvalue weighted by molar-refractivity contribution is 0.543. The zero-order valence-corrected chi connectivity index (χ0v) is 9.72. The van der Waals surface area contributed by atoms with Gasteiger partial charge in [-0.3, -0.25) is 0 Å². The lowest BCUT2D eigenvalue weighted by Crippen LogP contribution is -2.11. The molecule has 2 N–H and O–H groups in total. The number of aromatic nitrogens is 4. The highest BCUT2D eigenvalue weighted by atomic mass is 19.1. The lowest BCUT2D eigenvalue weighted by Gasteiger charge is -2.12. The highest BCUT2D eigenvalue weighted by Gasteiger charge is 2.17. The Morgan fingerprint density at radius 3 is 2.58 bits per heavy atom. The number of nitrogen functional groups attached to an aromatic ring is 1. The van der Waals surface area contributed by atoms with Crippen molar-refractivity contribution in [2.24, 2.45) is 0 Å². The number of nitrogens with zero attached hydrogens (tertiary/aromatic N) is 4. The minimum Gasteiger partial charge on any atom is -0.382 e. The normalized spacial score (nSPS) is 11.1. The molecule has 0 unspecified atom stereocenters. The van der Waals surface area contributed by atoms with Gasteiger partial charge < -0.3 is 10.3 Å². The van der Waals surface area contributed by atoms with E-state index in [1.165, 1.54) is 35.4 Å². The van der Waals surface area contributed by atoms with Crippen molar-refractivity contribution >= 4 is 5.82 Å². The van der Waals surface area contributed by atoms with E-state index in [1.54, 1.807) is 0 Å². The second kappa shape index (κ2) is 4.27. The fourth-order valence-corrected chi connectivity index (χ4v) is 1.87. The summed E-state index contributed by atoms with van der Waals surface area (Å²) in [5.74, 6) is -0.554. The second-order valence-corrected chi connectivity index (χ2v) is 4.00. The van der Waals surface area contributed by atoms with Crippen LogP contribution in [0.15, 0.2) is 30.9 Å². The van der Waals surface area contributed by atoms with E-state index in [9.17, 15) is 8.78 Å². The number of fused-ring (bicyclic) bond motifs is 1. The second-order valence-electron chi connectivity index (χ2n) is 4.00. The molecule has 3 rings (SSSR count). The molecule has 0 aliphatic carbocycles. The minimum atomic E-state index is -0.614. The number of hydrogen-bond acceptors (Lipinski definition) is 4. The predicted octanol–water partition coefficient (Wildman–Crippen LogP) is 1.69. The summed E-state index contributed by atoms with van der Waals surface area (Å²) in [5, 5.41) is 0. The molecule has 0 bridgehead atoms. The average Bonchev–Trinajstić information content (AvgIpc) is 2.87. The molecule has 1 aromatic carbocycles. The van der Waals surface area contributed by atoms with Crippen LogP contribution in [0, 0.1) is 11.6 Å². The van der Waals surface area contributed by atoms with Crippen molar-refractivity contribution < 1.29 is 8.78 Å². The van der Waals surface area contributed by atoms with Gasteiger partial charge >= 0.3 is 0 Å². The summed E-state index contributed by atoms with van der Waals surface area (Å²) in [7, 11) is 0. The zero-order chi connectivity index (χ0) is 13.4. The third-order valence-electron chi connectivity index (χ3n) is 2.82. The van der Waals surface area contributed by atoms with E-state index in [2.05, 4.69) is 15.0 Å². The Hall–Kier alpha value is -2.57. The van der Waals surface area contributed by atoms with Gasteiger partial charge in [0, 0.05) is 5.56 Å². The predicted molar refractivity (Wildman–Crippen MR) is 64.3 cm³/mol. The van der Waals surface area contributed by atoms with Crippen molar-refractivity contribution in [3.05, 3.63) is 48.1 Å². The van der Waals surface area contributed by atoms with Crippen LogP contribution in [0.3, 0.4) is 0 Å². The Morgan fingerprint density at radius 2 is 1.84 bits per heavy atom. The van der Waals surface area contributed by atoms with E-state index in [-0.39, 0.29) is 17.9 Å². The van der Waals surface area contributed by atoms with Crippen LogP contribution in [0.2, 0.25) is 0 Å². The molecule has 0 spiro atoms. The third-order valence-corrected chi connectivity index (χ3v) is 2.82. The number of rotatable bonds is 2. The quantitative estimate of drug-likeness (QED) is 0.762. The van der Waals surface area contributed by atoms with Gasteiger partial charge in [0.25, 0.3) is 0 Å². The van der Waals surface area contributed by atoms with Crippen molar-refractivity contribution in [1.82, 2.24) is 19.5 Å². The summed E-state index contributed by atoms with van der Waals surface area (Å²) >= 11 is 0. The average molecular weight is 261 g/mol. The van der Waals surface area contributed by atoms with E-state index in [1.807, 2.05) is 0 Å². The fraction of sp³-hybridized carbons (Fsp3) is 0.0833. The van der Waals surface area contributed by atoms with Gasteiger partial charge in [-0.2, -0.15) is 0 Å². The molecule has 2 aliphatic rings. The molecule has 1 aromatic rings. The molecule has 0 radical (unpaired) electrons.